The zero-order valence-electron chi connectivity index (χ0n) is 22.9. The van der Waals surface area contributed by atoms with E-state index in [-0.39, 0.29) is 22.9 Å². The molecule has 0 aliphatic carbocycles. The molecule has 1 aliphatic rings. The van der Waals surface area contributed by atoms with Crippen LogP contribution >= 0.6 is 34.5 Å². The van der Waals surface area contributed by atoms with E-state index in [2.05, 4.69) is 0 Å². The molecular weight excluding hydrogens is 625 g/mol. The van der Waals surface area contributed by atoms with Crippen molar-refractivity contribution in [3.05, 3.63) is 147 Å². The van der Waals surface area contributed by atoms with Gasteiger partial charge in [0.15, 0.2) is 4.80 Å². The fraction of sp³-hybridized carbons (Fsp3) is 0.0938. The van der Waals surface area contributed by atoms with Crippen LogP contribution in [0.4, 0.5) is 5.69 Å². The monoisotopic (exact) mass is 645 g/mol. The molecule has 44 heavy (non-hydrogen) atoms. The molecule has 0 radical (unpaired) electrons. The Bertz CT molecular complexity index is 2130. The summed E-state index contributed by atoms with van der Waals surface area (Å²) in [5.74, 6) is 0.0327. The fourth-order valence-corrected chi connectivity index (χ4v) is 6.24. The van der Waals surface area contributed by atoms with Gasteiger partial charge >= 0.3 is 5.97 Å². The summed E-state index contributed by atoms with van der Waals surface area (Å²) in [7, 11) is 0. The summed E-state index contributed by atoms with van der Waals surface area (Å²) in [6.45, 7) is 1.85. The molecule has 3 heterocycles. The fourth-order valence-electron chi connectivity index (χ4n) is 4.92. The summed E-state index contributed by atoms with van der Waals surface area (Å²) in [6.07, 6.45) is 1.56. The number of hydrogen-bond acceptors (Lipinski definition) is 8. The van der Waals surface area contributed by atoms with Gasteiger partial charge in [-0.2, -0.15) is 0 Å². The van der Waals surface area contributed by atoms with Crippen LogP contribution in [-0.4, -0.2) is 22.1 Å². The molecule has 9 nitrogen and oxygen atoms in total. The standard InChI is InChI=1S/C32H21Cl2N3O6S/c1-2-42-31(39)27-28(18-6-4-3-5-7-18)35-32-36(29(27)19-8-10-20(33)11-9-19)30(38)26(44-32)17-22-13-15-25(43-22)23-16-21(37(40)41)12-14-24(23)34/h3-17,29H,2H2,1H3/b26-17-. The van der Waals surface area contributed by atoms with Crippen molar-refractivity contribution >= 4 is 58.0 Å². The molecule has 0 fully saturated rings. The highest BCUT2D eigenvalue weighted by atomic mass is 35.5. The minimum absolute atomic E-state index is 0.135. The van der Waals surface area contributed by atoms with Crippen LogP contribution in [0.1, 0.15) is 29.9 Å². The average Bonchev–Trinajstić information content (AvgIpc) is 3.61. The number of nitro groups is 1. The van der Waals surface area contributed by atoms with Gasteiger partial charge in [0.1, 0.15) is 11.5 Å². The van der Waals surface area contributed by atoms with Crippen molar-refractivity contribution < 1.29 is 18.9 Å². The average molecular weight is 647 g/mol. The number of aromatic nitrogens is 1. The van der Waals surface area contributed by atoms with Gasteiger partial charge < -0.3 is 9.15 Å². The number of thiazole rings is 1. The number of carbonyl (C=O) groups is 1. The van der Waals surface area contributed by atoms with E-state index in [1.807, 2.05) is 30.3 Å². The van der Waals surface area contributed by atoms with E-state index in [9.17, 15) is 19.7 Å². The smallest absolute Gasteiger partial charge is 0.338 e. The molecule has 1 aliphatic heterocycles. The number of rotatable bonds is 7. The molecule has 0 N–H and O–H groups in total. The highest BCUT2D eigenvalue weighted by Gasteiger charge is 2.35. The van der Waals surface area contributed by atoms with Gasteiger partial charge in [0.05, 0.1) is 38.4 Å². The first-order valence-electron chi connectivity index (χ1n) is 13.3. The molecule has 5 aromatic rings. The Morgan fingerprint density at radius 3 is 2.55 bits per heavy atom. The third-order valence-electron chi connectivity index (χ3n) is 6.89. The lowest BCUT2D eigenvalue weighted by Crippen LogP contribution is -2.39. The van der Waals surface area contributed by atoms with Crippen LogP contribution in [0.15, 0.2) is 105 Å². The Morgan fingerprint density at radius 1 is 1.09 bits per heavy atom. The Labute approximate surface area is 263 Å². The van der Waals surface area contributed by atoms with Gasteiger partial charge in [-0.25, -0.2) is 9.79 Å². The predicted molar refractivity (Wildman–Crippen MR) is 168 cm³/mol. The SMILES string of the molecule is CCOC(=O)C1=C(c2ccccc2)N=c2s/c(=C\c3ccc(-c4cc([N+](=O)[O-])ccc4Cl)o3)c(=O)n2C1c1ccc(Cl)cc1. The largest absolute Gasteiger partial charge is 0.463 e. The quantitative estimate of drug-likeness (QED) is 0.115. The molecule has 1 unspecified atom stereocenters. The van der Waals surface area contributed by atoms with E-state index in [0.29, 0.717) is 48.3 Å². The first-order valence-corrected chi connectivity index (χ1v) is 14.9. The van der Waals surface area contributed by atoms with Crippen molar-refractivity contribution in [3.8, 4) is 11.3 Å². The van der Waals surface area contributed by atoms with Gasteiger partial charge in [-0.1, -0.05) is 77.0 Å². The lowest BCUT2D eigenvalue weighted by atomic mass is 9.93. The van der Waals surface area contributed by atoms with Crippen LogP contribution in [0.2, 0.25) is 10.0 Å². The zero-order chi connectivity index (χ0) is 31.0. The van der Waals surface area contributed by atoms with Crippen LogP contribution in [0.3, 0.4) is 0 Å². The summed E-state index contributed by atoms with van der Waals surface area (Å²) in [5, 5.41) is 12.1. The highest BCUT2D eigenvalue weighted by molar-refractivity contribution is 7.07. The summed E-state index contributed by atoms with van der Waals surface area (Å²) in [4.78, 5) is 43.5. The van der Waals surface area contributed by atoms with Gasteiger partial charge in [0.2, 0.25) is 0 Å². The second-order valence-corrected chi connectivity index (χ2v) is 11.5. The molecule has 0 amide bonds. The number of halogens is 2. The van der Waals surface area contributed by atoms with Crippen molar-refractivity contribution in [1.29, 1.82) is 0 Å². The third kappa shape index (κ3) is 5.50. The van der Waals surface area contributed by atoms with Crippen LogP contribution in [-0.2, 0) is 9.53 Å². The zero-order valence-corrected chi connectivity index (χ0v) is 25.2. The van der Waals surface area contributed by atoms with Gasteiger partial charge in [0.25, 0.3) is 11.2 Å². The summed E-state index contributed by atoms with van der Waals surface area (Å²) in [6, 6.07) is 22.6. The van der Waals surface area contributed by atoms with Gasteiger partial charge in [0, 0.05) is 34.4 Å². The number of esters is 1. The van der Waals surface area contributed by atoms with Crippen molar-refractivity contribution in [2.45, 2.75) is 13.0 Å². The number of non-ortho nitro benzene ring substituents is 1. The molecule has 12 heteroatoms. The number of benzene rings is 3. The topological polar surface area (TPSA) is 117 Å². The maximum Gasteiger partial charge on any atom is 0.338 e. The number of hydrogen-bond donors (Lipinski definition) is 0. The minimum Gasteiger partial charge on any atom is -0.463 e. The Morgan fingerprint density at radius 2 is 1.84 bits per heavy atom. The number of ether oxygens (including phenoxy) is 1. The summed E-state index contributed by atoms with van der Waals surface area (Å²) >= 11 is 13.6. The first kappa shape index (κ1) is 29.3. The van der Waals surface area contributed by atoms with Crippen LogP contribution in [0.25, 0.3) is 23.1 Å². The van der Waals surface area contributed by atoms with E-state index in [4.69, 9.17) is 37.3 Å². The molecule has 0 saturated heterocycles. The highest BCUT2D eigenvalue weighted by Crippen LogP contribution is 2.36. The lowest BCUT2D eigenvalue weighted by molar-refractivity contribution is -0.384. The maximum absolute atomic E-state index is 14.0. The minimum atomic E-state index is -0.851. The van der Waals surface area contributed by atoms with Crippen molar-refractivity contribution in [1.82, 2.24) is 4.57 Å². The summed E-state index contributed by atoms with van der Waals surface area (Å²) < 4.78 is 13.2. The molecule has 0 spiro atoms. The molecule has 3 aromatic carbocycles. The van der Waals surface area contributed by atoms with Gasteiger partial charge in [-0.15, -0.1) is 0 Å². The van der Waals surface area contributed by atoms with E-state index >= 15 is 0 Å². The molecule has 2 aromatic heterocycles. The van der Waals surface area contributed by atoms with E-state index in [0.717, 1.165) is 11.3 Å². The van der Waals surface area contributed by atoms with E-state index < -0.39 is 22.5 Å². The molecule has 0 saturated carbocycles. The van der Waals surface area contributed by atoms with Crippen LogP contribution in [0, 0.1) is 10.1 Å². The molecule has 220 valence electrons. The second kappa shape index (κ2) is 12.1. The molecular formula is C32H21Cl2N3O6S. The third-order valence-corrected chi connectivity index (χ3v) is 8.45. The number of carbonyl (C=O) groups excluding carboxylic acids is 1. The van der Waals surface area contributed by atoms with Crippen molar-refractivity contribution in [3.63, 3.8) is 0 Å². The molecule has 0 bridgehead atoms. The Balaban J connectivity index is 1.54. The number of furan rings is 1. The van der Waals surface area contributed by atoms with E-state index in [1.165, 1.54) is 22.8 Å². The Hall–Kier alpha value is -4.77. The van der Waals surface area contributed by atoms with Crippen LogP contribution in [0.5, 0.6) is 0 Å². The van der Waals surface area contributed by atoms with Crippen molar-refractivity contribution in [2.75, 3.05) is 6.61 Å². The van der Waals surface area contributed by atoms with Crippen LogP contribution < -0.4 is 14.9 Å². The normalized spacial score (nSPS) is 14.7. The summed E-state index contributed by atoms with van der Waals surface area (Å²) in [5.41, 5.74) is 1.78. The van der Waals surface area contributed by atoms with E-state index in [1.54, 1.807) is 49.4 Å². The lowest BCUT2D eigenvalue weighted by Gasteiger charge is -2.25. The van der Waals surface area contributed by atoms with Crippen molar-refractivity contribution in [2.24, 2.45) is 4.99 Å². The molecule has 6 rings (SSSR count). The number of nitrogens with zero attached hydrogens (tertiary/aromatic N) is 3. The molecule has 1 atom stereocenters. The maximum atomic E-state index is 14.0. The second-order valence-electron chi connectivity index (χ2n) is 9.61. The first-order chi connectivity index (χ1) is 21.2. The van der Waals surface area contributed by atoms with Gasteiger partial charge in [-0.3, -0.25) is 19.5 Å². The van der Waals surface area contributed by atoms with Gasteiger partial charge in [-0.05, 0) is 42.8 Å². The Kier molecular flexibility index (Phi) is 8.05. The number of nitro benzene ring substituents is 1. The number of fused-ring (bicyclic) bond motifs is 1. The predicted octanol–water partition coefficient (Wildman–Crippen LogP) is 6.41.